The Kier molecular flexibility index (Phi) is 1.53. The number of halogens is 1. The normalized spacial score (nSPS) is 9.00. The Balaban J connectivity index is 3.01. The molecule has 9 heavy (non-hydrogen) atoms. The van der Waals surface area contributed by atoms with E-state index < -0.39 is 0 Å². The van der Waals surface area contributed by atoms with Gasteiger partial charge in [0.2, 0.25) is 0 Å². The second-order valence-electron chi connectivity index (χ2n) is 1.61. The Morgan fingerprint density at radius 2 is 2.00 bits per heavy atom. The fraction of sp³-hybridized carbons (Fsp3) is 0. The first kappa shape index (κ1) is 5.88. The summed E-state index contributed by atoms with van der Waals surface area (Å²) in [5, 5.41) is 0. The van der Waals surface area contributed by atoms with Gasteiger partial charge in [-0.1, -0.05) is 12.1 Å². The standard InChI is InChI=1S/C6H6FNO/c7-9-6-4-2-1-3-5(6)8/h1-4H,8H2. The monoisotopic (exact) mass is 127 g/mol. The lowest BCUT2D eigenvalue weighted by atomic mass is 10.3. The van der Waals surface area contributed by atoms with Crippen LogP contribution in [0.4, 0.5) is 10.2 Å². The molecule has 0 bridgehead atoms. The molecule has 48 valence electrons. The van der Waals surface area contributed by atoms with E-state index in [9.17, 15) is 4.53 Å². The molecule has 2 N–H and O–H groups in total. The van der Waals surface area contributed by atoms with E-state index in [1.165, 1.54) is 6.07 Å². The Labute approximate surface area is 52.0 Å². The van der Waals surface area contributed by atoms with Crippen molar-refractivity contribution in [3.63, 3.8) is 0 Å². The van der Waals surface area contributed by atoms with Gasteiger partial charge in [-0.15, -0.1) is 0 Å². The summed E-state index contributed by atoms with van der Waals surface area (Å²) in [4.78, 5) is 3.42. The van der Waals surface area contributed by atoms with Gasteiger partial charge in [0.15, 0.2) is 5.75 Å². The van der Waals surface area contributed by atoms with Crippen LogP contribution in [-0.2, 0) is 0 Å². The second kappa shape index (κ2) is 2.35. The van der Waals surface area contributed by atoms with Gasteiger partial charge < -0.3 is 5.73 Å². The smallest absolute Gasteiger partial charge is 0.194 e. The van der Waals surface area contributed by atoms with Gasteiger partial charge in [-0.05, 0) is 12.1 Å². The van der Waals surface area contributed by atoms with Crippen molar-refractivity contribution in [1.82, 2.24) is 0 Å². The predicted octanol–water partition coefficient (Wildman–Crippen LogP) is 1.53. The molecule has 3 heteroatoms. The van der Waals surface area contributed by atoms with Crippen molar-refractivity contribution >= 4 is 5.69 Å². The summed E-state index contributed by atoms with van der Waals surface area (Å²) < 4.78 is 11.4. The fourth-order valence-corrected chi connectivity index (χ4v) is 0.551. The molecule has 0 amide bonds. The molecule has 0 saturated heterocycles. The van der Waals surface area contributed by atoms with Crippen LogP contribution in [0.3, 0.4) is 0 Å². The fourth-order valence-electron chi connectivity index (χ4n) is 0.551. The number of rotatable bonds is 1. The van der Waals surface area contributed by atoms with Crippen molar-refractivity contribution in [1.29, 1.82) is 0 Å². The van der Waals surface area contributed by atoms with Gasteiger partial charge >= 0.3 is 0 Å². The van der Waals surface area contributed by atoms with E-state index in [0.29, 0.717) is 5.69 Å². The molecule has 1 aromatic carbocycles. The maximum absolute atomic E-state index is 11.4. The molecule has 0 aliphatic rings. The molecule has 1 rings (SSSR count). The van der Waals surface area contributed by atoms with Crippen LogP contribution in [0.5, 0.6) is 5.75 Å². The topological polar surface area (TPSA) is 35.2 Å². The van der Waals surface area contributed by atoms with Gasteiger partial charge in [-0.3, -0.25) is 4.94 Å². The minimum absolute atomic E-state index is 0.0671. The lowest BCUT2D eigenvalue weighted by Crippen LogP contribution is -1.87. The molecule has 0 spiro atoms. The summed E-state index contributed by atoms with van der Waals surface area (Å²) in [7, 11) is 0. The minimum Gasteiger partial charge on any atom is -0.396 e. The van der Waals surface area contributed by atoms with Gasteiger partial charge in [-0.25, -0.2) is 0 Å². The van der Waals surface area contributed by atoms with Gasteiger partial charge in [0.05, 0.1) is 5.69 Å². The molecule has 0 atom stereocenters. The third-order valence-corrected chi connectivity index (χ3v) is 1.00. The van der Waals surface area contributed by atoms with Crippen LogP contribution < -0.4 is 10.7 Å². The lowest BCUT2D eigenvalue weighted by Gasteiger charge is -1.95. The van der Waals surface area contributed by atoms with Crippen molar-refractivity contribution in [2.24, 2.45) is 0 Å². The summed E-state index contributed by atoms with van der Waals surface area (Å²) >= 11 is 0. The zero-order valence-electron chi connectivity index (χ0n) is 4.67. The first-order valence-electron chi connectivity index (χ1n) is 2.47. The van der Waals surface area contributed by atoms with Crippen LogP contribution in [0.1, 0.15) is 0 Å². The van der Waals surface area contributed by atoms with E-state index in [2.05, 4.69) is 4.94 Å². The Morgan fingerprint density at radius 3 is 2.44 bits per heavy atom. The number of hydrogen-bond donors (Lipinski definition) is 1. The van der Waals surface area contributed by atoms with Gasteiger partial charge in [-0.2, -0.15) is 0 Å². The average Bonchev–Trinajstić information content (AvgIpc) is 1.89. The van der Waals surface area contributed by atoms with E-state index in [-0.39, 0.29) is 5.75 Å². The van der Waals surface area contributed by atoms with E-state index in [0.717, 1.165) is 0 Å². The molecular formula is C6H6FNO. The van der Waals surface area contributed by atoms with Crippen LogP contribution in [0.2, 0.25) is 0 Å². The molecule has 0 aliphatic carbocycles. The average molecular weight is 127 g/mol. The maximum atomic E-state index is 11.4. The zero-order chi connectivity index (χ0) is 6.69. The quantitative estimate of drug-likeness (QED) is 0.580. The van der Waals surface area contributed by atoms with Crippen molar-refractivity contribution in [3.8, 4) is 5.75 Å². The Hall–Kier alpha value is -1.25. The van der Waals surface area contributed by atoms with E-state index in [1.54, 1.807) is 18.2 Å². The Morgan fingerprint density at radius 1 is 1.33 bits per heavy atom. The molecule has 0 unspecified atom stereocenters. The van der Waals surface area contributed by atoms with Crippen molar-refractivity contribution in [2.75, 3.05) is 5.73 Å². The summed E-state index contributed by atoms with van der Waals surface area (Å²) in [6, 6.07) is 6.37. The highest BCUT2D eigenvalue weighted by atomic mass is 19.3. The van der Waals surface area contributed by atoms with Gasteiger partial charge in [0.1, 0.15) is 0 Å². The van der Waals surface area contributed by atoms with Crippen LogP contribution in [0.25, 0.3) is 0 Å². The first-order chi connectivity index (χ1) is 4.34. The number of hydrogen-bond acceptors (Lipinski definition) is 2. The molecule has 0 radical (unpaired) electrons. The van der Waals surface area contributed by atoms with Crippen LogP contribution in [0, 0.1) is 0 Å². The van der Waals surface area contributed by atoms with Crippen molar-refractivity contribution in [3.05, 3.63) is 24.3 Å². The third-order valence-electron chi connectivity index (χ3n) is 1.00. The molecule has 0 fully saturated rings. The molecule has 0 aliphatic heterocycles. The maximum Gasteiger partial charge on any atom is 0.194 e. The van der Waals surface area contributed by atoms with Gasteiger partial charge in [0, 0.05) is 4.53 Å². The summed E-state index contributed by atoms with van der Waals surface area (Å²) in [6.45, 7) is 0. The highest BCUT2D eigenvalue weighted by molar-refractivity contribution is 5.51. The third kappa shape index (κ3) is 1.10. The summed E-state index contributed by atoms with van der Waals surface area (Å²) in [6.07, 6.45) is 0. The van der Waals surface area contributed by atoms with Crippen LogP contribution in [-0.4, -0.2) is 0 Å². The van der Waals surface area contributed by atoms with E-state index in [1.807, 2.05) is 0 Å². The minimum atomic E-state index is 0.0671. The molecular weight excluding hydrogens is 121 g/mol. The summed E-state index contributed by atoms with van der Waals surface area (Å²) in [5.41, 5.74) is 5.57. The van der Waals surface area contributed by atoms with Crippen LogP contribution in [0.15, 0.2) is 24.3 Å². The number of benzene rings is 1. The largest absolute Gasteiger partial charge is 0.396 e. The molecule has 0 aromatic heterocycles. The van der Waals surface area contributed by atoms with Gasteiger partial charge in [0.25, 0.3) is 0 Å². The molecule has 0 saturated carbocycles. The van der Waals surface area contributed by atoms with Crippen LogP contribution >= 0.6 is 0 Å². The number of para-hydroxylation sites is 2. The van der Waals surface area contributed by atoms with E-state index >= 15 is 0 Å². The number of nitrogens with two attached hydrogens (primary N) is 1. The Bertz CT molecular complexity index is 202. The molecule has 1 aromatic rings. The SMILES string of the molecule is Nc1ccccc1OF. The predicted molar refractivity (Wildman–Crippen MR) is 32.6 cm³/mol. The molecule has 2 nitrogen and oxygen atoms in total. The second-order valence-corrected chi connectivity index (χ2v) is 1.61. The van der Waals surface area contributed by atoms with E-state index in [4.69, 9.17) is 5.73 Å². The highest BCUT2D eigenvalue weighted by Crippen LogP contribution is 2.19. The van der Waals surface area contributed by atoms with Crippen molar-refractivity contribution in [2.45, 2.75) is 0 Å². The summed E-state index contributed by atoms with van der Waals surface area (Å²) in [5.74, 6) is 0.0671. The number of nitrogen functional groups attached to an aromatic ring is 1. The zero-order valence-corrected chi connectivity index (χ0v) is 4.67. The lowest BCUT2D eigenvalue weighted by molar-refractivity contribution is -0.00521. The van der Waals surface area contributed by atoms with Crippen molar-refractivity contribution < 1.29 is 9.47 Å². The highest BCUT2D eigenvalue weighted by Gasteiger charge is 1.95. The first-order valence-corrected chi connectivity index (χ1v) is 2.47. The molecule has 0 heterocycles. The number of anilines is 1.